The normalized spacial score (nSPS) is 37.1. The summed E-state index contributed by atoms with van der Waals surface area (Å²) >= 11 is 0. The van der Waals surface area contributed by atoms with Gasteiger partial charge < -0.3 is 10.1 Å². The highest BCUT2D eigenvalue weighted by molar-refractivity contribution is 4.85. The fourth-order valence-corrected chi connectivity index (χ4v) is 2.93. The second kappa shape index (κ2) is 5.48. The van der Waals surface area contributed by atoms with Crippen molar-refractivity contribution in [3.05, 3.63) is 0 Å². The first kappa shape index (κ1) is 12.3. The van der Waals surface area contributed by atoms with E-state index in [2.05, 4.69) is 31.0 Å². The Hall–Kier alpha value is -0.120. The van der Waals surface area contributed by atoms with Gasteiger partial charge in [0.25, 0.3) is 0 Å². The molecule has 0 radical (unpaired) electrons. The molecule has 3 atom stereocenters. The quantitative estimate of drug-likeness (QED) is 0.789. The molecular weight excluding hydrogens is 200 g/mol. The summed E-state index contributed by atoms with van der Waals surface area (Å²) in [5.41, 5.74) is 0. The Morgan fingerprint density at radius 2 is 2.19 bits per heavy atom. The summed E-state index contributed by atoms with van der Waals surface area (Å²) in [5.74, 6) is 0.728. The van der Waals surface area contributed by atoms with Gasteiger partial charge in [-0.25, -0.2) is 0 Å². The van der Waals surface area contributed by atoms with Gasteiger partial charge in [0.05, 0.1) is 12.2 Å². The number of nitrogens with zero attached hydrogens (tertiary/aromatic N) is 1. The summed E-state index contributed by atoms with van der Waals surface area (Å²) in [6, 6.07) is 0.688. The van der Waals surface area contributed by atoms with Gasteiger partial charge in [0, 0.05) is 32.2 Å². The van der Waals surface area contributed by atoms with Crippen molar-refractivity contribution < 1.29 is 4.74 Å². The maximum Gasteiger partial charge on any atom is 0.0706 e. The van der Waals surface area contributed by atoms with E-state index in [1.807, 2.05) is 0 Å². The highest BCUT2D eigenvalue weighted by Crippen LogP contribution is 2.22. The van der Waals surface area contributed by atoms with E-state index in [0.29, 0.717) is 18.2 Å². The van der Waals surface area contributed by atoms with Crippen LogP contribution >= 0.6 is 0 Å². The molecule has 0 saturated carbocycles. The van der Waals surface area contributed by atoms with Crippen molar-refractivity contribution in [1.29, 1.82) is 0 Å². The molecule has 2 aliphatic heterocycles. The Morgan fingerprint density at radius 1 is 1.38 bits per heavy atom. The second-order valence-electron chi connectivity index (χ2n) is 5.66. The fourth-order valence-electron chi connectivity index (χ4n) is 2.93. The molecule has 1 N–H and O–H groups in total. The topological polar surface area (TPSA) is 24.5 Å². The van der Waals surface area contributed by atoms with E-state index in [4.69, 9.17) is 4.74 Å². The smallest absolute Gasteiger partial charge is 0.0706 e. The van der Waals surface area contributed by atoms with E-state index >= 15 is 0 Å². The van der Waals surface area contributed by atoms with Gasteiger partial charge in [0.15, 0.2) is 0 Å². The van der Waals surface area contributed by atoms with Crippen LogP contribution in [-0.2, 0) is 4.74 Å². The molecule has 2 saturated heterocycles. The van der Waals surface area contributed by atoms with Gasteiger partial charge in [0.2, 0.25) is 0 Å². The van der Waals surface area contributed by atoms with Crippen LogP contribution < -0.4 is 5.32 Å². The maximum atomic E-state index is 5.93. The zero-order chi connectivity index (χ0) is 11.5. The van der Waals surface area contributed by atoms with Gasteiger partial charge in [0.1, 0.15) is 0 Å². The molecular formula is C13H26N2O. The first-order chi connectivity index (χ1) is 7.66. The van der Waals surface area contributed by atoms with Gasteiger partial charge in [-0.2, -0.15) is 0 Å². The highest BCUT2D eigenvalue weighted by atomic mass is 16.5. The third-order valence-corrected chi connectivity index (χ3v) is 3.93. The minimum Gasteiger partial charge on any atom is -0.374 e. The van der Waals surface area contributed by atoms with Crippen LogP contribution in [0.2, 0.25) is 0 Å². The lowest BCUT2D eigenvalue weighted by Gasteiger charge is -2.39. The zero-order valence-electron chi connectivity index (χ0n) is 10.9. The maximum absolute atomic E-state index is 5.93. The first-order valence-electron chi connectivity index (χ1n) is 6.77. The lowest BCUT2D eigenvalue weighted by Crippen LogP contribution is -2.55. The highest BCUT2D eigenvalue weighted by Gasteiger charge is 2.30. The lowest BCUT2D eigenvalue weighted by molar-refractivity contribution is 0.00957. The average Bonchev–Trinajstić information content (AvgIpc) is 2.64. The zero-order valence-corrected chi connectivity index (χ0v) is 10.9. The van der Waals surface area contributed by atoms with Gasteiger partial charge in [-0.3, -0.25) is 4.90 Å². The predicted octanol–water partition coefficient (Wildman–Crippen LogP) is 1.48. The minimum absolute atomic E-state index is 0.477. The summed E-state index contributed by atoms with van der Waals surface area (Å²) in [6.45, 7) is 11.4. The molecule has 3 heteroatoms. The molecule has 2 heterocycles. The Bertz CT molecular complexity index is 220. The Balaban J connectivity index is 1.86. The van der Waals surface area contributed by atoms with E-state index in [9.17, 15) is 0 Å². The van der Waals surface area contributed by atoms with E-state index in [0.717, 1.165) is 25.6 Å². The SMILES string of the molecule is CC1CCC(CN2CCNCC2C(C)C)O1. The molecule has 2 fully saturated rings. The minimum atomic E-state index is 0.477. The lowest BCUT2D eigenvalue weighted by atomic mass is 10.00. The molecule has 2 rings (SSSR count). The first-order valence-corrected chi connectivity index (χ1v) is 6.77. The van der Waals surface area contributed by atoms with Crippen LogP contribution in [0.15, 0.2) is 0 Å². The Labute approximate surface area is 99.5 Å². The van der Waals surface area contributed by atoms with Gasteiger partial charge in [-0.1, -0.05) is 13.8 Å². The second-order valence-corrected chi connectivity index (χ2v) is 5.66. The summed E-state index contributed by atoms with van der Waals surface area (Å²) in [4.78, 5) is 2.63. The van der Waals surface area contributed by atoms with E-state index in [1.54, 1.807) is 0 Å². The van der Waals surface area contributed by atoms with Crippen molar-refractivity contribution >= 4 is 0 Å². The van der Waals surface area contributed by atoms with Crippen LogP contribution in [-0.4, -0.2) is 49.3 Å². The summed E-state index contributed by atoms with van der Waals surface area (Å²) in [6.07, 6.45) is 3.44. The molecule has 0 aliphatic carbocycles. The van der Waals surface area contributed by atoms with Crippen molar-refractivity contribution in [3.63, 3.8) is 0 Å². The fraction of sp³-hybridized carbons (Fsp3) is 1.00. The summed E-state index contributed by atoms with van der Waals surface area (Å²) in [5, 5.41) is 3.50. The van der Waals surface area contributed by atoms with Crippen LogP contribution in [0, 0.1) is 5.92 Å². The van der Waals surface area contributed by atoms with Gasteiger partial charge >= 0.3 is 0 Å². The van der Waals surface area contributed by atoms with E-state index < -0.39 is 0 Å². The number of hydrogen-bond acceptors (Lipinski definition) is 3. The number of hydrogen-bond donors (Lipinski definition) is 1. The molecule has 2 aliphatic rings. The Kier molecular flexibility index (Phi) is 4.22. The van der Waals surface area contributed by atoms with Crippen LogP contribution in [0.4, 0.5) is 0 Å². The molecule has 0 aromatic rings. The molecule has 3 unspecified atom stereocenters. The summed E-state index contributed by atoms with van der Waals surface area (Å²) < 4.78 is 5.93. The van der Waals surface area contributed by atoms with Crippen LogP contribution in [0.25, 0.3) is 0 Å². The van der Waals surface area contributed by atoms with Crippen molar-refractivity contribution in [2.75, 3.05) is 26.2 Å². The van der Waals surface area contributed by atoms with Crippen LogP contribution in [0.5, 0.6) is 0 Å². The van der Waals surface area contributed by atoms with E-state index in [-0.39, 0.29) is 0 Å². The number of nitrogens with one attached hydrogen (secondary N) is 1. The van der Waals surface area contributed by atoms with Crippen molar-refractivity contribution in [2.24, 2.45) is 5.92 Å². The van der Waals surface area contributed by atoms with Crippen molar-refractivity contribution in [3.8, 4) is 0 Å². The summed E-state index contributed by atoms with van der Waals surface area (Å²) in [7, 11) is 0. The van der Waals surface area contributed by atoms with Crippen molar-refractivity contribution in [2.45, 2.75) is 51.9 Å². The Morgan fingerprint density at radius 3 is 2.81 bits per heavy atom. The number of ether oxygens (including phenoxy) is 1. The third kappa shape index (κ3) is 2.96. The molecule has 0 bridgehead atoms. The third-order valence-electron chi connectivity index (χ3n) is 3.93. The largest absolute Gasteiger partial charge is 0.374 e. The molecule has 0 spiro atoms. The monoisotopic (exact) mass is 226 g/mol. The van der Waals surface area contributed by atoms with Crippen LogP contribution in [0.1, 0.15) is 33.6 Å². The van der Waals surface area contributed by atoms with Gasteiger partial charge in [-0.05, 0) is 25.7 Å². The molecule has 0 aromatic carbocycles. The predicted molar refractivity (Wildman–Crippen MR) is 66.6 cm³/mol. The molecule has 0 amide bonds. The molecule has 0 aromatic heterocycles. The average molecular weight is 226 g/mol. The molecule has 3 nitrogen and oxygen atoms in total. The number of piperazine rings is 1. The van der Waals surface area contributed by atoms with E-state index in [1.165, 1.54) is 19.4 Å². The van der Waals surface area contributed by atoms with Crippen LogP contribution in [0.3, 0.4) is 0 Å². The van der Waals surface area contributed by atoms with Gasteiger partial charge in [-0.15, -0.1) is 0 Å². The standard InChI is InChI=1S/C13H26N2O/c1-10(2)13-8-14-6-7-15(13)9-12-5-4-11(3)16-12/h10-14H,4-9H2,1-3H3. The number of rotatable bonds is 3. The van der Waals surface area contributed by atoms with Crippen molar-refractivity contribution in [1.82, 2.24) is 10.2 Å². The molecule has 16 heavy (non-hydrogen) atoms. The molecule has 94 valence electrons.